The Balaban J connectivity index is 2.15. The Bertz CT molecular complexity index is 830. The second kappa shape index (κ2) is 6.18. The minimum absolute atomic E-state index is 0.00502. The lowest BCUT2D eigenvalue weighted by Crippen LogP contribution is -2.21. The maximum Gasteiger partial charge on any atom is 0.293 e. The van der Waals surface area contributed by atoms with Crippen molar-refractivity contribution >= 4 is 45.0 Å². The molecule has 1 amide bonds. The molecule has 2 N–H and O–H groups in total. The molecule has 0 bridgehead atoms. The van der Waals surface area contributed by atoms with Crippen LogP contribution in [0.4, 0.5) is 0 Å². The van der Waals surface area contributed by atoms with Crippen molar-refractivity contribution < 1.29 is 14.7 Å². The van der Waals surface area contributed by atoms with Crippen LogP contribution in [-0.2, 0) is 9.59 Å². The molecule has 1 atom stereocenters. The van der Waals surface area contributed by atoms with Crippen molar-refractivity contribution in [2.24, 2.45) is 0 Å². The van der Waals surface area contributed by atoms with Crippen molar-refractivity contribution in [2.75, 3.05) is 0 Å². The lowest BCUT2D eigenvalue weighted by Gasteiger charge is -2.15. The molecule has 1 fully saturated rings. The number of carbonyl (C=O) groups excluding carboxylic acids is 2. The number of ketones is 1. The molecule has 6 heteroatoms. The number of amides is 1. The van der Waals surface area contributed by atoms with Crippen LogP contribution in [-0.4, -0.2) is 16.8 Å². The SMILES string of the molecule is O=C1NC(c2ccccc2Cl)/C(=C(\O)c2ccc(Br)cc2)C1=O. The molecule has 0 radical (unpaired) electrons. The number of nitrogens with one attached hydrogen (secondary N) is 1. The molecular weight excluding hydrogens is 382 g/mol. The number of carbonyl (C=O) groups is 2. The first kappa shape index (κ1) is 15.8. The summed E-state index contributed by atoms with van der Waals surface area (Å²) in [7, 11) is 0. The van der Waals surface area contributed by atoms with E-state index in [1.165, 1.54) is 0 Å². The van der Waals surface area contributed by atoms with Crippen LogP contribution < -0.4 is 5.32 Å². The highest BCUT2D eigenvalue weighted by molar-refractivity contribution is 9.10. The molecule has 0 spiro atoms. The summed E-state index contributed by atoms with van der Waals surface area (Å²) in [5.41, 5.74) is 1.02. The molecule has 1 aliphatic rings. The van der Waals surface area contributed by atoms with Crippen LogP contribution in [0.1, 0.15) is 17.2 Å². The van der Waals surface area contributed by atoms with Crippen molar-refractivity contribution in [3.8, 4) is 0 Å². The number of benzene rings is 2. The smallest absolute Gasteiger partial charge is 0.293 e. The number of halogens is 2. The van der Waals surface area contributed by atoms with Crippen molar-refractivity contribution in [1.82, 2.24) is 5.32 Å². The Labute approximate surface area is 145 Å². The summed E-state index contributed by atoms with van der Waals surface area (Å²) < 4.78 is 0.841. The zero-order valence-electron chi connectivity index (χ0n) is 11.7. The molecular formula is C17H11BrClNO3. The maximum atomic E-state index is 12.2. The highest BCUT2D eigenvalue weighted by atomic mass is 79.9. The minimum Gasteiger partial charge on any atom is -0.507 e. The average molecular weight is 393 g/mol. The van der Waals surface area contributed by atoms with E-state index in [0.29, 0.717) is 16.1 Å². The van der Waals surface area contributed by atoms with E-state index in [1.54, 1.807) is 48.5 Å². The van der Waals surface area contributed by atoms with E-state index < -0.39 is 17.7 Å². The first-order valence-electron chi connectivity index (χ1n) is 6.77. The highest BCUT2D eigenvalue weighted by Crippen LogP contribution is 2.35. The van der Waals surface area contributed by atoms with Gasteiger partial charge in [0.1, 0.15) is 5.76 Å². The van der Waals surface area contributed by atoms with Crippen molar-refractivity contribution in [3.63, 3.8) is 0 Å². The summed E-state index contributed by atoms with van der Waals surface area (Å²) >= 11 is 9.47. The maximum absolute atomic E-state index is 12.2. The van der Waals surface area contributed by atoms with E-state index in [-0.39, 0.29) is 11.3 Å². The van der Waals surface area contributed by atoms with Gasteiger partial charge in [0, 0.05) is 15.1 Å². The van der Waals surface area contributed by atoms with Gasteiger partial charge in [-0.1, -0.05) is 57.9 Å². The minimum atomic E-state index is -0.771. The quantitative estimate of drug-likeness (QED) is 0.464. The van der Waals surface area contributed by atoms with E-state index >= 15 is 0 Å². The lowest BCUT2D eigenvalue weighted by atomic mass is 9.96. The first-order chi connectivity index (χ1) is 11.0. The fourth-order valence-electron chi connectivity index (χ4n) is 2.47. The van der Waals surface area contributed by atoms with Crippen molar-refractivity contribution in [1.29, 1.82) is 0 Å². The van der Waals surface area contributed by atoms with Crippen LogP contribution in [0.5, 0.6) is 0 Å². The third-order valence-electron chi connectivity index (χ3n) is 3.60. The van der Waals surface area contributed by atoms with Gasteiger partial charge in [-0.3, -0.25) is 9.59 Å². The average Bonchev–Trinajstić information content (AvgIpc) is 2.83. The topological polar surface area (TPSA) is 66.4 Å². The van der Waals surface area contributed by atoms with Gasteiger partial charge in [0.15, 0.2) is 0 Å². The molecule has 2 aromatic rings. The number of Topliss-reactive ketones (excluding diaryl/α,β-unsaturated/α-hetero) is 1. The van der Waals surface area contributed by atoms with Gasteiger partial charge in [0.05, 0.1) is 11.6 Å². The third-order valence-corrected chi connectivity index (χ3v) is 4.48. The van der Waals surface area contributed by atoms with Gasteiger partial charge in [-0.05, 0) is 23.8 Å². The molecule has 3 rings (SSSR count). The Morgan fingerprint density at radius 2 is 1.74 bits per heavy atom. The Morgan fingerprint density at radius 3 is 2.39 bits per heavy atom. The number of hydrogen-bond acceptors (Lipinski definition) is 3. The molecule has 0 saturated carbocycles. The largest absolute Gasteiger partial charge is 0.507 e. The third kappa shape index (κ3) is 2.90. The van der Waals surface area contributed by atoms with Crippen molar-refractivity contribution in [3.05, 3.63) is 74.7 Å². The molecule has 0 aliphatic carbocycles. The standard InChI is InChI=1S/C17H11BrClNO3/c18-10-7-5-9(6-8-10)15(21)13-14(20-17(23)16(13)22)11-3-1-2-4-12(11)19/h1-8,14,21H,(H,20,23)/b15-13+. The van der Waals surface area contributed by atoms with E-state index in [2.05, 4.69) is 21.2 Å². The van der Waals surface area contributed by atoms with E-state index in [9.17, 15) is 14.7 Å². The molecule has 1 heterocycles. The molecule has 0 aromatic heterocycles. The molecule has 1 aliphatic heterocycles. The van der Waals surface area contributed by atoms with Gasteiger partial charge in [-0.25, -0.2) is 0 Å². The predicted molar refractivity (Wildman–Crippen MR) is 91.0 cm³/mol. The Morgan fingerprint density at radius 1 is 1.09 bits per heavy atom. The van der Waals surface area contributed by atoms with Gasteiger partial charge < -0.3 is 10.4 Å². The summed E-state index contributed by atoms with van der Waals surface area (Å²) in [5.74, 6) is -1.74. The summed E-state index contributed by atoms with van der Waals surface area (Å²) in [6, 6.07) is 12.9. The van der Waals surface area contributed by atoms with Crippen LogP contribution in [0.25, 0.3) is 5.76 Å². The van der Waals surface area contributed by atoms with Crippen LogP contribution in [0, 0.1) is 0 Å². The molecule has 1 unspecified atom stereocenters. The zero-order chi connectivity index (χ0) is 16.6. The van der Waals surface area contributed by atoms with Gasteiger partial charge >= 0.3 is 0 Å². The molecule has 1 saturated heterocycles. The molecule has 23 heavy (non-hydrogen) atoms. The van der Waals surface area contributed by atoms with E-state index in [4.69, 9.17) is 11.6 Å². The normalized spacial score (nSPS) is 19.7. The Hall–Kier alpha value is -2.11. The van der Waals surface area contributed by atoms with Crippen LogP contribution in [0.15, 0.2) is 58.6 Å². The summed E-state index contributed by atoms with van der Waals surface area (Å²) in [6.45, 7) is 0. The van der Waals surface area contributed by atoms with Gasteiger partial charge in [0.25, 0.3) is 11.7 Å². The number of hydrogen-bond donors (Lipinski definition) is 2. The van der Waals surface area contributed by atoms with Crippen LogP contribution >= 0.6 is 27.5 Å². The monoisotopic (exact) mass is 391 g/mol. The number of aliphatic hydroxyl groups excluding tert-OH is 1. The van der Waals surface area contributed by atoms with Gasteiger partial charge in [-0.15, -0.1) is 0 Å². The number of rotatable bonds is 2. The summed E-state index contributed by atoms with van der Waals surface area (Å²) in [5, 5.41) is 13.5. The fourth-order valence-corrected chi connectivity index (χ4v) is 2.98. The van der Waals surface area contributed by atoms with Crippen LogP contribution in [0.2, 0.25) is 5.02 Å². The molecule has 2 aromatic carbocycles. The lowest BCUT2D eigenvalue weighted by molar-refractivity contribution is -0.133. The highest BCUT2D eigenvalue weighted by Gasteiger charge is 2.40. The van der Waals surface area contributed by atoms with Gasteiger partial charge in [0.2, 0.25) is 0 Å². The molecule has 4 nitrogen and oxygen atoms in total. The Kier molecular flexibility index (Phi) is 4.24. The second-order valence-electron chi connectivity index (χ2n) is 5.03. The van der Waals surface area contributed by atoms with Crippen molar-refractivity contribution in [2.45, 2.75) is 6.04 Å². The van der Waals surface area contributed by atoms with E-state index in [1.807, 2.05) is 0 Å². The van der Waals surface area contributed by atoms with Crippen LogP contribution in [0.3, 0.4) is 0 Å². The zero-order valence-corrected chi connectivity index (χ0v) is 14.1. The first-order valence-corrected chi connectivity index (χ1v) is 7.95. The summed E-state index contributed by atoms with van der Waals surface area (Å²) in [4.78, 5) is 24.0. The molecule has 116 valence electrons. The fraction of sp³-hybridized carbons (Fsp3) is 0.0588. The van der Waals surface area contributed by atoms with E-state index in [0.717, 1.165) is 4.47 Å². The predicted octanol–water partition coefficient (Wildman–Crippen LogP) is 3.81. The van der Waals surface area contributed by atoms with Gasteiger partial charge in [-0.2, -0.15) is 0 Å². The summed E-state index contributed by atoms with van der Waals surface area (Å²) in [6.07, 6.45) is 0. The number of aliphatic hydroxyl groups is 1. The second-order valence-corrected chi connectivity index (χ2v) is 6.35.